The number of rotatable bonds is 5. The van der Waals surface area contributed by atoms with Crippen molar-refractivity contribution in [2.24, 2.45) is 0 Å². The molecule has 4 heteroatoms. The van der Waals surface area contributed by atoms with Gasteiger partial charge in [-0.25, -0.2) is 15.0 Å². The minimum Gasteiger partial charge on any atom is -0.335 e. The lowest BCUT2D eigenvalue weighted by Gasteiger charge is -2.13. The zero-order chi connectivity index (χ0) is 33.7. The Morgan fingerprint density at radius 2 is 0.863 bits per heavy atom. The summed E-state index contributed by atoms with van der Waals surface area (Å²) >= 11 is 0. The van der Waals surface area contributed by atoms with Gasteiger partial charge in [0.25, 0.3) is 0 Å². The first-order valence-corrected chi connectivity index (χ1v) is 17.2. The molecule has 0 fully saturated rings. The number of nitrogens with one attached hydrogen (secondary N) is 1. The van der Waals surface area contributed by atoms with Gasteiger partial charge in [0, 0.05) is 16.7 Å². The quantitative estimate of drug-likeness (QED) is 0.189. The molecule has 0 atom stereocenters. The highest BCUT2D eigenvalue weighted by Gasteiger charge is 2.19. The summed E-state index contributed by atoms with van der Waals surface area (Å²) in [5, 5.41) is 7.59. The van der Waals surface area contributed by atoms with E-state index in [1.165, 1.54) is 32.3 Å². The molecule has 10 rings (SSSR count). The van der Waals surface area contributed by atoms with Crippen LogP contribution >= 0.6 is 0 Å². The summed E-state index contributed by atoms with van der Waals surface area (Å²) in [5.74, 6) is 1.40. The highest BCUT2D eigenvalue weighted by atomic mass is 15.0. The van der Waals surface area contributed by atoms with Gasteiger partial charge in [0.1, 0.15) is 17.0 Å². The standard InChI is InChI=1S/C47H30N4/c1-3-14-30(15-4-1)35-20-7-12-25-41(35)46-49-44-43(48-45(50-47(44)51-46)31-16-5-2-6-17-31)34-19-13-18-32(28-34)33-26-27-40-38-23-9-8-21-36(38)37-22-10-11-24-39(37)42(40)29-33/h1-29H,(H,48,49,50,51). The molecule has 0 saturated heterocycles. The fourth-order valence-corrected chi connectivity index (χ4v) is 7.44. The average molecular weight is 651 g/mol. The van der Waals surface area contributed by atoms with Crippen LogP contribution in [-0.4, -0.2) is 19.9 Å². The van der Waals surface area contributed by atoms with Gasteiger partial charge in [-0.3, -0.25) is 0 Å². The van der Waals surface area contributed by atoms with Gasteiger partial charge in [-0.15, -0.1) is 0 Å². The lowest BCUT2D eigenvalue weighted by atomic mass is 9.91. The minimum absolute atomic E-state index is 0.631. The van der Waals surface area contributed by atoms with Crippen molar-refractivity contribution in [3.63, 3.8) is 0 Å². The molecule has 0 spiro atoms. The maximum atomic E-state index is 5.21. The normalized spacial score (nSPS) is 11.5. The molecule has 0 aliphatic heterocycles. The van der Waals surface area contributed by atoms with E-state index >= 15 is 0 Å². The number of imidazole rings is 1. The largest absolute Gasteiger partial charge is 0.335 e. The molecule has 0 aliphatic rings. The minimum atomic E-state index is 0.631. The molecular formula is C47H30N4. The molecule has 10 aromatic rings. The fraction of sp³-hybridized carbons (Fsp3) is 0. The van der Waals surface area contributed by atoms with Crippen molar-refractivity contribution in [2.45, 2.75) is 0 Å². The summed E-state index contributed by atoms with van der Waals surface area (Å²) < 4.78 is 0. The van der Waals surface area contributed by atoms with E-state index in [4.69, 9.17) is 15.0 Å². The molecule has 0 bridgehead atoms. The van der Waals surface area contributed by atoms with Crippen molar-refractivity contribution in [1.82, 2.24) is 19.9 Å². The number of benzene rings is 8. The molecular weight excluding hydrogens is 621 g/mol. The Balaban J connectivity index is 1.16. The molecule has 2 aromatic heterocycles. The number of H-pyrrole nitrogens is 1. The highest BCUT2D eigenvalue weighted by molar-refractivity contribution is 6.25. The molecule has 0 unspecified atom stereocenters. The lowest BCUT2D eigenvalue weighted by molar-refractivity contribution is 1.21. The first kappa shape index (κ1) is 29.0. The Kier molecular flexibility index (Phi) is 6.78. The smallest absolute Gasteiger partial charge is 0.182 e. The van der Waals surface area contributed by atoms with E-state index in [1.807, 2.05) is 36.4 Å². The summed E-state index contributed by atoms with van der Waals surface area (Å²) in [6.45, 7) is 0. The Labute approximate surface area is 294 Å². The first-order valence-electron chi connectivity index (χ1n) is 17.2. The van der Waals surface area contributed by atoms with Gasteiger partial charge in [-0.2, -0.15) is 0 Å². The van der Waals surface area contributed by atoms with E-state index in [1.54, 1.807) is 0 Å². The van der Waals surface area contributed by atoms with Crippen LogP contribution in [0.15, 0.2) is 176 Å². The van der Waals surface area contributed by atoms with E-state index in [0.717, 1.165) is 56.0 Å². The predicted molar refractivity (Wildman–Crippen MR) is 211 cm³/mol. The maximum Gasteiger partial charge on any atom is 0.182 e. The van der Waals surface area contributed by atoms with E-state index in [0.29, 0.717) is 11.5 Å². The summed E-state index contributed by atoms with van der Waals surface area (Å²) in [7, 11) is 0. The zero-order valence-corrected chi connectivity index (χ0v) is 27.6. The van der Waals surface area contributed by atoms with E-state index < -0.39 is 0 Å². The van der Waals surface area contributed by atoms with Crippen LogP contribution in [0.3, 0.4) is 0 Å². The van der Waals surface area contributed by atoms with Gasteiger partial charge >= 0.3 is 0 Å². The van der Waals surface area contributed by atoms with Crippen LogP contribution in [0.2, 0.25) is 0 Å². The van der Waals surface area contributed by atoms with E-state index in [9.17, 15) is 0 Å². The number of hydrogen-bond acceptors (Lipinski definition) is 3. The second kappa shape index (κ2) is 11.9. The zero-order valence-electron chi connectivity index (χ0n) is 27.6. The lowest BCUT2D eigenvalue weighted by Crippen LogP contribution is -1.95. The second-order valence-corrected chi connectivity index (χ2v) is 12.9. The van der Waals surface area contributed by atoms with Crippen molar-refractivity contribution in [3.8, 4) is 56.3 Å². The van der Waals surface area contributed by atoms with Crippen molar-refractivity contribution >= 4 is 43.5 Å². The predicted octanol–water partition coefficient (Wildman–Crippen LogP) is 12.1. The number of aromatic nitrogens is 4. The van der Waals surface area contributed by atoms with Gasteiger partial charge in [0.15, 0.2) is 11.5 Å². The fourth-order valence-electron chi connectivity index (χ4n) is 7.44. The van der Waals surface area contributed by atoms with Crippen molar-refractivity contribution in [3.05, 3.63) is 176 Å². The Bertz CT molecular complexity index is 2870. The topological polar surface area (TPSA) is 54.5 Å². The van der Waals surface area contributed by atoms with Gasteiger partial charge in [-0.1, -0.05) is 164 Å². The van der Waals surface area contributed by atoms with Crippen LogP contribution in [-0.2, 0) is 0 Å². The number of nitrogens with zero attached hydrogens (tertiary/aromatic N) is 3. The first-order chi connectivity index (χ1) is 25.3. The summed E-state index contributed by atoms with van der Waals surface area (Å²) in [5.41, 5.74) is 9.71. The Morgan fingerprint density at radius 1 is 0.333 bits per heavy atom. The van der Waals surface area contributed by atoms with Crippen LogP contribution in [0, 0.1) is 0 Å². The van der Waals surface area contributed by atoms with Gasteiger partial charge in [0.05, 0.1) is 0 Å². The second-order valence-electron chi connectivity index (χ2n) is 12.9. The summed E-state index contributed by atoms with van der Waals surface area (Å²) in [6.07, 6.45) is 0. The molecule has 51 heavy (non-hydrogen) atoms. The highest BCUT2D eigenvalue weighted by Crippen LogP contribution is 2.39. The van der Waals surface area contributed by atoms with Crippen molar-refractivity contribution < 1.29 is 0 Å². The van der Waals surface area contributed by atoms with Crippen LogP contribution in [0.4, 0.5) is 0 Å². The SMILES string of the molecule is c1ccc(-c2nc(-c3cccc(-c4ccc5c6ccccc6c6ccccc6c5c4)c3)c3[nH]c(-c4ccccc4-c4ccccc4)nc3n2)cc1. The van der Waals surface area contributed by atoms with Gasteiger partial charge < -0.3 is 4.98 Å². The number of hydrogen-bond donors (Lipinski definition) is 1. The molecule has 0 saturated carbocycles. The van der Waals surface area contributed by atoms with Gasteiger partial charge in [-0.05, 0) is 66.7 Å². The van der Waals surface area contributed by atoms with Crippen LogP contribution in [0.25, 0.3) is 99.8 Å². The summed E-state index contributed by atoms with van der Waals surface area (Å²) in [4.78, 5) is 19.0. The molecule has 2 heterocycles. The molecule has 0 radical (unpaired) electrons. The third kappa shape index (κ3) is 4.96. The molecule has 4 nitrogen and oxygen atoms in total. The van der Waals surface area contributed by atoms with E-state index in [-0.39, 0.29) is 0 Å². The van der Waals surface area contributed by atoms with E-state index in [2.05, 4.69) is 145 Å². The molecule has 0 aliphatic carbocycles. The third-order valence-electron chi connectivity index (χ3n) is 9.86. The Morgan fingerprint density at radius 3 is 1.57 bits per heavy atom. The molecule has 0 amide bonds. The maximum absolute atomic E-state index is 5.21. The molecule has 8 aromatic carbocycles. The molecule has 238 valence electrons. The van der Waals surface area contributed by atoms with Gasteiger partial charge in [0.2, 0.25) is 0 Å². The average Bonchev–Trinajstić information content (AvgIpc) is 3.65. The summed E-state index contributed by atoms with van der Waals surface area (Å²) in [6, 6.07) is 61.8. The van der Waals surface area contributed by atoms with Crippen molar-refractivity contribution in [2.75, 3.05) is 0 Å². The van der Waals surface area contributed by atoms with Crippen molar-refractivity contribution in [1.29, 1.82) is 0 Å². The van der Waals surface area contributed by atoms with Crippen LogP contribution in [0.5, 0.6) is 0 Å². The number of fused-ring (bicyclic) bond motifs is 7. The van der Waals surface area contributed by atoms with Crippen LogP contribution in [0.1, 0.15) is 0 Å². The third-order valence-corrected chi connectivity index (χ3v) is 9.86. The van der Waals surface area contributed by atoms with Crippen LogP contribution < -0.4 is 0 Å². The molecule has 1 N–H and O–H groups in total. The monoisotopic (exact) mass is 650 g/mol. The number of aromatic amines is 1. The Hall–Kier alpha value is -6.91.